The Balaban J connectivity index is 2.65. The van der Waals surface area contributed by atoms with Gasteiger partial charge in [-0.1, -0.05) is 0 Å². The smallest absolute Gasteiger partial charge is 0.327 e. The van der Waals surface area contributed by atoms with Crippen LogP contribution >= 0.6 is 0 Å². The maximum absolute atomic E-state index is 12.1. The first-order chi connectivity index (χ1) is 7.89. The van der Waals surface area contributed by atoms with Gasteiger partial charge in [0.2, 0.25) is 0 Å². The summed E-state index contributed by atoms with van der Waals surface area (Å²) in [4.78, 5) is 14.2. The lowest BCUT2D eigenvalue weighted by Gasteiger charge is -2.34. The molecular formula is C13H26N2O2. The highest BCUT2D eigenvalue weighted by Crippen LogP contribution is 2.24. The summed E-state index contributed by atoms with van der Waals surface area (Å²) < 4.78 is 5.19. The van der Waals surface area contributed by atoms with Crippen LogP contribution in [0.5, 0.6) is 0 Å². The van der Waals surface area contributed by atoms with Crippen LogP contribution in [0.15, 0.2) is 0 Å². The first kappa shape index (κ1) is 14.5. The van der Waals surface area contributed by atoms with E-state index >= 15 is 0 Å². The zero-order valence-corrected chi connectivity index (χ0v) is 11.7. The molecule has 0 heterocycles. The molecule has 0 radical (unpaired) electrons. The molecule has 0 amide bonds. The number of nitrogens with one attached hydrogen (secondary N) is 1. The van der Waals surface area contributed by atoms with Crippen LogP contribution in [0.3, 0.4) is 0 Å². The van der Waals surface area contributed by atoms with E-state index in [0.29, 0.717) is 25.2 Å². The highest BCUT2D eigenvalue weighted by molar-refractivity contribution is 5.80. The molecule has 100 valence electrons. The molecule has 0 bridgehead atoms. The van der Waals surface area contributed by atoms with E-state index in [1.165, 1.54) is 12.8 Å². The Hall–Kier alpha value is -0.610. The van der Waals surface area contributed by atoms with Crippen LogP contribution < -0.4 is 5.32 Å². The Labute approximate surface area is 105 Å². The van der Waals surface area contributed by atoms with Gasteiger partial charge < -0.3 is 9.64 Å². The fourth-order valence-electron chi connectivity index (χ4n) is 1.82. The van der Waals surface area contributed by atoms with Crippen LogP contribution in [0.1, 0.15) is 40.5 Å². The van der Waals surface area contributed by atoms with Crippen molar-refractivity contribution in [1.29, 1.82) is 0 Å². The normalized spacial score (nSPS) is 19.5. The lowest BCUT2D eigenvalue weighted by atomic mass is 10.0. The standard InChI is InChI=1S/C13H26N2O2/c1-6-17-12(16)13(4,14-11-7-8-11)9-15(5)10(2)3/h10-11,14H,6-9H2,1-5H3. The second kappa shape index (κ2) is 5.83. The number of esters is 1. The van der Waals surface area contributed by atoms with Crippen LogP contribution in [0, 0.1) is 0 Å². The topological polar surface area (TPSA) is 41.6 Å². The minimum absolute atomic E-state index is 0.139. The van der Waals surface area contributed by atoms with Crippen molar-refractivity contribution < 1.29 is 9.53 Å². The first-order valence-corrected chi connectivity index (χ1v) is 6.54. The third-order valence-corrected chi connectivity index (χ3v) is 3.27. The summed E-state index contributed by atoms with van der Waals surface area (Å²) in [6.07, 6.45) is 2.33. The Morgan fingerprint density at radius 2 is 2.12 bits per heavy atom. The van der Waals surface area contributed by atoms with Crippen molar-refractivity contribution in [2.45, 2.75) is 58.2 Å². The average Bonchev–Trinajstić information content (AvgIpc) is 3.01. The number of likely N-dealkylation sites (N-methyl/N-ethyl adjacent to an activating group) is 1. The predicted octanol–water partition coefficient (Wildman–Crippen LogP) is 1.40. The summed E-state index contributed by atoms with van der Waals surface area (Å²) in [7, 11) is 2.04. The number of carbonyl (C=O) groups excluding carboxylic acids is 1. The second-order valence-corrected chi connectivity index (χ2v) is 5.48. The zero-order valence-electron chi connectivity index (χ0n) is 11.7. The van der Waals surface area contributed by atoms with Crippen LogP contribution in [-0.4, -0.2) is 48.7 Å². The molecule has 1 atom stereocenters. The van der Waals surface area contributed by atoms with Gasteiger partial charge in [-0.05, 0) is 47.6 Å². The molecule has 1 aliphatic rings. The highest BCUT2D eigenvalue weighted by atomic mass is 16.5. The van der Waals surface area contributed by atoms with Gasteiger partial charge in [0, 0.05) is 18.6 Å². The molecule has 17 heavy (non-hydrogen) atoms. The van der Waals surface area contributed by atoms with Crippen LogP contribution in [-0.2, 0) is 9.53 Å². The van der Waals surface area contributed by atoms with E-state index in [2.05, 4.69) is 24.1 Å². The number of rotatable bonds is 7. The van der Waals surface area contributed by atoms with Gasteiger partial charge in [-0.25, -0.2) is 0 Å². The third kappa shape index (κ3) is 4.28. The molecule has 1 N–H and O–H groups in total. The van der Waals surface area contributed by atoms with Crippen LogP contribution in [0.2, 0.25) is 0 Å². The monoisotopic (exact) mass is 242 g/mol. The maximum Gasteiger partial charge on any atom is 0.327 e. The van der Waals surface area contributed by atoms with Gasteiger partial charge in [0.15, 0.2) is 0 Å². The fourth-order valence-corrected chi connectivity index (χ4v) is 1.82. The lowest BCUT2D eigenvalue weighted by molar-refractivity contribution is -0.151. The maximum atomic E-state index is 12.1. The molecule has 0 saturated heterocycles. The van der Waals surface area contributed by atoms with Crippen molar-refractivity contribution in [2.24, 2.45) is 0 Å². The van der Waals surface area contributed by atoms with Crippen molar-refractivity contribution in [3.63, 3.8) is 0 Å². The van der Waals surface area contributed by atoms with Crippen molar-refractivity contribution in [3.8, 4) is 0 Å². The number of ether oxygens (including phenoxy) is 1. The van der Waals surface area contributed by atoms with E-state index in [4.69, 9.17) is 4.74 Å². The number of nitrogens with zero attached hydrogens (tertiary/aromatic N) is 1. The van der Waals surface area contributed by atoms with E-state index in [1.54, 1.807) is 0 Å². The van der Waals surface area contributed by atoms with E-state index in [1.807, 2.05) is 20.9 Å². The van der Waals surface area contributed by atoms with Gasteiger partial charge in [0.25, 0.3) is 0 Å². The van der Waals surface area contributed by atoms with Gasteiger partial charge in [-0.2, -0.15) is 0 Å². The summed E-state index contributed by atoms with van der Waals surface area (Å²) in [5, 5.41) is 3.42. The molecule has 0 spiro atoms. The Kier molecular flexibility index (Phi) is 4.95. The molecule has 1 unspecified atom stereocenters. The molecule has 4 nitrogen and oxygen atoms in total. The van der Waals surface area contributed by atoms with Crippen molar-refractivity contribution in [1.82, 2.24) is 10.2 Å². The largest absolute Gasteiger partial charge is 0.465 e. The van der Waals surface area contributed by atoms with Crippen LogP contribution in [0.4, 0.5) is 0 Å². The molecule has 0 aromatic rings. The fraction of sp³-hybridized carbons (Fsp3) is 0.923. The molecular weight excluding hydrogens is 216 g/mol. The zero-order chi connectivity index (χ0) is 13.1. The average molecular weight is 242 g/mol. The van der Waals surface area contributed by atoms with Gasteiger partial charge in [0.05, 0.1) is 6.61 Å². The lowest BCUT2D eigenvalue weighted by Crippen LogP contribution is -2.58. The summed E-state index contributed by atoms with van der Waals surface area (Å²) in [5.74, 6) is -0.139. The van der Waals surface area contributed by atoms with Crippen molar-refractivity contribution in [2.75, 3.05) is 20.2 Å². The molecule has 1 saturated carbocycles. The Morgan fingerprint density at radius 1 is 1.53 bits per heavy atom. The van der Waals surface area contributed by atoms with Gasteiger partial charge >= 0.3 is 5.97 Å². The van der Waals surface area contributed by atoms with Crippen molar-refractivity contribution >= 4 is 5.97 Å². The Morgan fingerprint density at radius 3 is 2.53 bits per heavy atom. The Bertz CT molecular complexity index is 264. The van der Waals surface area contributed by atoms with Crippen LogP contribution in [0.25, 0.3) is 0 Å². The van der Waals surface area contributed by atoms with Gasteiger partial charge in [-0.15, -0.1) is 0 Å². The molecule has 0 aromatic heterocycles. The molecule has 0 aliphatic heterocycles. The third-order valence-electron chi connectivity index (χ3n) is 3.27. The van der Waals surface area contributed by atoms with E-state index < -0.39 is 5.54 Å². The number of carbonyl (C=O) groups is 1. The molecule has 1 aliphatic carbocycles. The quantitative estimate of drug-likeness (QED) is 0.685. The predicted molar refractivity (Wildman–Crippen MR) is 69.0 cm³/mol. The summed E-state index contributed by atoms with van der Waals surface area (Å²) >= 11 is 0. The van der Waals surface area contributed by atoms with E-state index in [-0.39, 0.29) is 5.97 Å². The molecule has 1 fully saturated rings. The minimum Gasteiger partial charge on any atom is -0.465 e. The first-order valence-electron chi connectivity index (χ1n) is 6.54. The summed E-state index contributed by atoms with van der Waals surface area (Å²) in [6.45, 7) is 9.17. The SMILES string of the molecule is CCOC(=O)C(C)(CN(C)C(C)C)NC1CC1. The molecule has 1 rings (SSSR count). The van der Waals surface area contributed by atoms with Gasteiger partial charge in [-0.3, -0.25) is 10.1 Å². The highest BCUT2D eigenvalue weighted by Gasteiger charge is 2.40. The molecule has 4 heteroatoms. The van der Waals surface area contributed by atoms with E-state index in [0.717, 1.165) is 0 Å². The molecule has 0 aromatic carbocycles. The minimum atomic E-state index is -0.587. The number of hydrogen-bond donors (Lipinski definition) is 1. The summed E-state index contributed by atoms with van der Waals surface area (Å²) in [6, 6.07) is 0.912. The van der Waals surface area contributed by atoms with Crippen molar-refractivity contribution in [3.05, 3.63) is 0 Å². The number of hydrogen-bond acceptors (Lipinski definition) is 4. The second-order valence-electron chi connectivity index (χ2n) is 5.48. The van der Waals surface area contributed by atoms with E-state index in [9.17, 15) is 4.79 Å². The van der Waals surface area contributed by atoms with Gasteiger partial charge in [0.1, 0.15) is 5.54 Å². The summed E-state index contributed by atoms with van der Waals surface area (Å²) in [5.41, 5.74) is -0.587.